The molecule has 172 valence electrons. The lowest BCUT2D eigenvalue weighted by atomic mass is 10.1. The van der Waals surface area contributed by atoms with E-state index in [1.807, 2.05) is 51.1 Å². The number of nitrogens with one attached hydrogen (secondary N) is 2. The highest BCUT2D eigenvalue weighted by Gasteiger charge is 2.35. The zero-order valence-electron chi connectivity index (χ0n) is 18.9. The molecule has 1 aromatic rings. The molecule has 8 nitrogen and oxygen atoms in total. The van der Waals surface area contributed by atoms with Crippen LogP contribution in [-0.2, 0) is 20.7 Å². The number of nitrogens with zero attached hydrogens (tertiary/aromatic N) is 1. The number of amides is 3. The Kier molecular flexibility index (Phi) is 9.30. The summed E-state index contributed by atoms with van der Waals surface area (Å²) < 4.78 is 5.17. The van der Waals surface area contributed by atoms with E-state index in [9.17, 15) is 14.4 Å². The van der Waals surface area contributed by atoms with Gasteiger partial charge in [0.15, 0.2) is 0 Å². The topological polar surface area (TPSA) is 114 Å². The van der Waals surface area contributed by atoms with Crippen molar-refractivity contribution in [3.05, 3.63) is 35.9 Å². The van der Waals surface area contributed by atoms with E-state index < -0.39 is 23.8 Å². The van der Waals surface area contributed by atoms with E-state index in [1.165, 1.54) is 0 Å². The van der Waals surface area contributed by atoms with Gasteiger partial charge in [-0.1, -0.05) is 30.3 Å². The Hall–Kier alpha value is -2.61. The molecule has 0 radical (unpaired) electrons. The predicted molar refractivity (Wildman–Crippen MR) is 119 cm³/mol. The van der Waals surface area contributed by atoms with E-state index in [0.717, 1.165) is 24.8 Å². The van der Waals surface area contributed by atoms with Crippen LogP contribution in [0.25, 0.3) is 0 Å². The number of hydrogen-bond acceptors (Lipinski definition) is 5. The van der Waals surface area contributed by atoms with E-state index >= 15 is 0 Å². The normalized spacial score (nSPS) is 17.2. The maximum atomic E-state index is 12.8. The van der Waals surface area contributed by atoms with E-state index in [-0.39, 0.29) is 11.8 Å². The summed E-state index contributed by atoms with van der Waals surface area (Å²) in [4.78, 5) is 38.6. The highest BCUT2D eigenvalue weighted by Crippen LogP contribution is 2.19. The van der Waals surface area contributed by atoms with Crippen molar-refractivity contribution in [1.29, 1.82) is 0 Å². The summed E-state index contributed by atoms with van der Waals surface area (Å²) in [5.74, 6) is -0.319. The lowest BCUT2D eigenvalue weighted by Gasteiger charge is -2.26. The number of carbonyl (C=O) groups excluding carboxylic acids is 3. The van der Waals surface area contributed by atoms with Crippen LogP contribution in [0.15, 0.2) is 30.3 Å². The van der Waals surface area contributed by atoms with Crippen molar-refractivity contribution in [2.24, 2.45) is 5.73 Å². The van der Waals surface area contributed by atoms with Gasteiger partial charge in [-0.15, -0.1) is 0 Å². The van der Waals surface area contributed by atoms with Gasteiger partial charge < -0.3 is 26.0 Å². The van der Waals surface area contributed by atoms with Gasteiger partial charge in [-0.25, -0.2) is 4.79 Å². The molecule has 2 atom stereocenters. The first-order chi connectivity index (χ1) is 14.7. The van der Waals surface area contributed by atoms with Crippen LogP contribution in [0.1, 0.15) is 52.0 Å². The van der Waals surface area contributed by atoms with E-state index in [0.29, 0.717) is 32.5 Å². The molecule has 1 aromatic carbocycles. The molecule has 0 bridgehead atoms. The van der Waals surface area contributed by atoms with Crippen molar-refractivity contribution in [2.75, 3.05) is 19.6 Å². The van der Waals surface area contributed by atoms with Crippen LogP contribution in [0.5, 0.6) is 0 Å². The third-order valence-corrected chi connectivity index (χ3v) is 5.03. The molecule has 2 rings (SSSR count). The second-order valence-electron chi connectivity index (χ2n) is 8.91. The van der Waals surface area contributed by atoms with Crippen molar-refractivity contribution in [1.82, 2.24) is 15.5 Å². The minimum atomic E-state index is -0.658. The number of rotatable bonds is 9. The first kappa shape index (κ1) is 24.7. The SMILES string of the molecule is CC(C)(C)OC(=O)NCCCCNC(=O)[C@@H]1CCCN1C(=O)[C@@H](N)Cc1ccccc1. The zero-order chi connectivity index (χ0) is 22.9. The molecule has 8 heteroatoms. The lowest BCUT2D eigenvalue weighted by Crippen LogP contribution is -2.51. The van der Waals surface area contributed by atoms with Gasteiger partial charge in [-0.2, -0.15) is 0 Å². The fourth-order valence-corrected chi connectivity index (χ4v) is 3.56. The quantitative estimate of drug-likeness (QED) is 0.516. The zero-order valence-corrected chi connectivity index (χ0v) is 18.9. The molecule has 31 heavy (non-hydrogen) atoms. The third-order valence-electron chi connectivity index (χ3n) is 5.03. The van der Waals surface area contributed by atoms with Crippen molar-refractivity contribution >= 4 is 17.9 Å². The number of nitrogens with two attached hydrogens (primary N) is 1. The van der Waals surface area contributed by atoms with Crippen LogP contribution in [0, 0.1) is 0 Å². The van der Waals surface area contributed by atoms with E-state index in [2.05, 4.69) is 10.6 Å². The minimum absolute atomic E-state index is 0.141. The first-order valence-electron chi connectivity index (χ1n) is 11.0. The molecule has 3 amide bonds. The number of ether oxygens (including phenoxy) is 1. The predicted octanol–water partition coefficient (Wildman–Crippen LogP) is 1.97. The number of hydrogen-bond donors (Lipinski definition) is 3. The second-order valence-corrected chi connectivity index (χ2v) is 8.91. The van der Waals surface area contributed by atoms with Gasteiger partial charge in [-0.05, 0) is 58.4 Å². The molecule has 1 heterocycles. The van der Waals surface area contributed by atoms with Crippen LogP contribution in [0.3, 0.4) is 0 Å². The van der Waals surface area contributed by atoms with Crippen molar-refractivity contribution < 1.29 is 19.1 Å². The van der Waals surface area contributed by atoms with Gasteiger partial charge in [0.2, 0.25) is 11.8 Å². The summed E-state index contributed by atoms with van der Waals surface area (Å²) in [7, 11) is 0. The summed E-state index contributed by atoms with van der Waals surface area (Å²) in [5.41, 5.74) is 6.62. The molecule has 1 fully saturated rings. The largest absolute Gasteiger partial charge is 0.444 e. The molecule has 0 aromatic heterocycles. The maximum absolute atomic E-state index is 12.8. The Morgan fingerprint density at radius 2 is 1.77 bits per heavy atom. The summed E-state index contributed by atoms with van der Waals surface area (Å²) in [6, 6.07) is 8.52. The highest BCUT2D eigenvalue weighted by atomic mass is 16.6. The van der Waals surface area contributed by atoms with Crippen LogP contribution in [0.2, 0.25) is 0 Å². The van der Waals surface area contributed by atoms with Gasteiger partial charge in [-0.3, -0.25) is 9.59 Å². The fourth-order valence-electron chi connectivity index (χ4n) is 3.56. The molecular weight excluding hydrogens is 396 g/mol. The van der Waals surface area contributed by atoms with Crippen LogP contribution in [0.4, 0.5) is 4.79 Å². The van der Waals surface area contributed by atoms with Gasteiger partial charge in [0.25, 0.3) is 0 Å². The molecule has 1 aliphatic heterocycles. The smallest absolute Gasteiger partial charge is 0.407 e. The Morgan fingerprint density at radius 3 is 2.42 bits per heavy atom. The Morgan fingerprint density at radius 1 is 1.13 bits per heavy atom. The number of carbonyl (C=O) groups is 3. The average molecular weight is 433 g/mol. The summed E-state index contributed by atoms with van der Waals surface area (Å²) >= 11 is 0. The number of likely N-dealkylation sites (tertiary alicyclic amines) is 1. The average Bonchev–Trinajstić information content (AvgIpc) is 3.19. The molecule has 0 spiro atoms. The van der Waals surface area contributed by atoms with E-state index in [1.54, 1.807) is 4.90 Å². The first-order valence-corrected chi connectivity index (χ1v) is 11.0. The molecular formula is C23H36N4O4. The van der Waals surface area contributed by atoms with Gasteiger partial charge in [0, 0.05) is 19.6 Å². The van der Waals surface area contributed by atoms with E-state index in [4.69, 9.17) is 10.5 Å². The minimum Gasteiger partial charge on any atom is -0.444 e. The molecule has 1 aliphatic rings. The summed E-state index contributed by atoms with van der Waals surface area (Å²) in [5, 5.41) is 5.60. The molecule has 0 aliphatic carbocycles. The highest BCUT2D eigenvalue weighted by molar-refractivity contribution is 5.90. The number of alkyl carbamates (subject to hydrolysis) is 1. The van der Waals surface area contributed by atoms with Crippen molar-refractivity contribution in [2.45, 2.75) is 70.6 Å². The lowest BCUT2D eigenvalue weighted by molar-refractivity contribution is -0.139. The Balaban J connectivity index is 1.70. The fraction of sp³-hybridized carbons (Fsp3) is 0.609. The summed E-state index contributed by atoms with van der Waals surface area (Å²) in [6.45, 7) is 6.96. The number of unbranched alkanes of at least 4 members (excludes halogenated alkanes) is 1. The molecule has 0 saturated carbocycles. The van der Waals surface area contributed by atoms with Crippen LogP contribution in [-0.4, -0.2) is 60.1 Å². The van der Waals surface area contributed by atoms with Gasteiger partial charge >= 0.3 is 6.09 Å². The van der Waals surface area contributed by atoms with Crippen LogP contribution >= 0.6 is 0 Å². The van der Waals surface area contributed by atoms with Crippen molar-refractivity contribution in [3.8, 4) is 0 Å². The number of benzene rings is 1. The van der Waals surface area contributed by atoms with Gasteiger partial charge in [0.05, 0.1) is 6.04 Å². The maximum Gasteiger partial charge on any atom is 0.407 e. The standard InChI is InChI=1S/C23H36N4O4/c1-23(2,3)31-22(30)26-14-8-7-13-25-20(28)19-12-9-15-27(19)21(29)18(24)16-17-10-5-4-6-11-17/h4-6,10-11,18-19H,7-9,12-16,24H2,1-3H3,(H,25,28)(H,26,30)/t18-,19-/m0/s1. The Labute approximate surface area is 184 Å². The summed E-state index contributed by atoms with van der Waals surface area (Å²) in [6.07, 6.45) is 2.89. The van der Waals surface area contributed by atoms with Crippen LogP contribution < -0.4 is 16.4 Å². The molecule has 4 N–H and O–H groups in total. The van der Waals surface area contributed by atoms with Crippen molar-refractivity contribution in [3.63, 3.8) is 0 Å². The Bertz CT molecular complexity index is 733. The third kappa shape index (κ3) is 8.57. The van der Waals surface area contributed by atoms with Gasteiger partial charge in [0.1, 0.15) is 11.6 Å². The molecule has 1 saturated heterocycles. The molecule has 0 unspecified atom stereocenters. The monoisotopic (exact) mass is 432 g/mol. The second kappa shape index (κ2) is 11.7.